The monoisotopic (exact) mass is 300 g/mol. The number of hydrogen-bond donors (Lipinski definition) is 2. The number of hydrogen-bond acceptors (Lipinski definition) is 4. The molecule has 20 heavy (non-hydrogen) atoms. The summed E-state index contributed by atoms with van der Waals surface area (Å²) in [7, 11) is 0. The van der Waals surface area contributed by atoms with Crippen LogP contribution in [0.25, 0.3) is 0 Å². The van der Waals surface area contributed by atoms with E-state index in [0.717, 1.165) is 30.9 Å². The Morgan fingerprint density at radius 3 is 2.90 bits per heavy atom. The van der Waals surface area contributed by atoms with E-state index in [4.69, 9.17) is 5.11 Å². The molecule has 1 amide bonds. The molecule has 2 aliphatic heterocycles. The van der Waals surface area contributed by atoms with E-state index in [0.29, 0.717) is 19.0 Å². The van der Waals surface area contributed by atoms with Crippen LogP contribution < -0.4 is 5.32 Å². The molecular formula is C14H24N2O3S. The Hall–Kier alpha value is -0.750. The fourth-order valence-corrected chi connectivity index (χ4v) is 4.03. The van der Waals surface area contributed by atoms with Gasteiger partial charge in [0.2, 0.25) is 5.91 Å². The highest BCUT2D eigenvalue weighted by atomic mass is 32.2. The molecule has 0 saturated carbocycles. The van der Waals surface area contributed by atoms with Crippen LogP contribution >= 0.6 is 11.8 Å². The van der Waals surface area contributed by atoms with E-state index in [1.165, 1.54) is 12.8 Å². The van der Waals surface area contributed by atoms with Gasteiger partial charge in [-0.1, -0.05) is 6.42 Å². The Bertz CT molecular complexity index is 345. The second-order valence-corrected chi connectivity index (χ2v) is 6.75. The van der Waals surface area contributed by atoms with Crippen molar-refractivity contribution in [2.45, 2.75) is 50.6 Å². The van der Waals surface area contributed by atoms with Crippen LogP contribution in [-0.2, 0) is 9.59 Å². The van der Waals surface area contributed by atoms with Crippen molar-refractivity contribution in [2.24, 2.45) is 0 Å². The molecule has 2 N–H and O–H groups in total. The number of carboxylic acids is 1. The third-order valence-electron chi connectivity index (χ3n) is 4.08. The van der Waals surface area contributed by atoms with Crippen molar-refractivity contribution in [3.63, 3.8) is 0 Å². The molecule has 0 spiro atoms. The van der Waals surface area contributed by atoms with Crippen LogP contribution in [0.4, 0.5) is 0 Å². The van der Waals surface area contributed by atoms with E-state index in [1.54, 1.807) is 16.7 Å². The number of carbonyl (C=O) groups excluding carboxylic acids is 1. The van der Waals surface area contributed by atoms with Crippen LogP contribution in [0.2, 0.25) is 0 Å². The summed E-state index contributed by atoms with van der Waals surface area (Å²) in [4.78, 5) is 25.0. The first-order valence-corrected chi connectivity index (χ1v) is 8.64. The number of amides is 1. The van der Waals surface area contributed by atoms with Gasteiger partial charge in [-0.25, -0.2) is 0 Å². The highest BCUT2D eigenvalue weighted by molar-refractivity contribution is 7.99. The molecule has 0 aromatic carbocycles. The van der Waals surface area contributed by atoms with Gasteiger partial charge >= 0.3 is 5.97 Å². The standard InChI is InChI=1S/C14H24N2O3S/c17-13(5-4-11-3-1-2-6-15-11)16-7-8-20-10-12(16)9-14(18)19/h11-12,15H,1-10H2,(H,18,19). The van der Waals surface area contributed by atoms with Gasteiger partial charge in [0.05, 0.1) is 12.5 Å². The first-order chi connectivity index (χ1) is 9.66. The molecule has 2 rings (SSSR count). The van der Waals surface area contributed by atoms with E-state index >= 15 is 0 Å². The van der Waals surface area contributed by atoms with Crippen LogP contribution in [0.15, 0.2) is 0 Å². The lowest BCUT2D eigenvalue weighted by Crippen LogP contribution is -2.47. The van der Waals surface area contributed by atoms with Crippen LogP contribution in [0, 0.1) is 0 Å². The molecule has 0 radical (unpaired) electrons. The van der Waals surface area contributed by atoms with E-state index < -0.39 is 5.97 Å². The Balaban J connectivity index is 1.80. The third-order valence-corrected chi connectivity index (χ3v) is 5.17. The van der Waals surface area contributed by atoms with Gasteiger partial charge in [-0.05, 0) is 25.8 Å². The fraction of sp³-hybridized carbons (Fsp3) is 0.857. The van der Waals surface area contributed by atoms with Gasteiger partial charge in [-0.3, -0.25) is 9.59 Å². The lowest BCUT2D eigenvalue weighted by molar-refractivity contribution is -0.140. The van der Waals surface area contributed by atoms with Crippen molar-refractivity contribution in [1.29, 1.82) is 0 Å². The third kappa shape index (κ3) is 4.66. The Morgan fingerprint density at radius 2 is 2.20 bits per heavy atom. The summed E-state index contributed by atoms with van der Waals surface area (Å²) in [6.07, 6.45) is 5.12. The minimum absolute atomic E-state index is 0.0699. The number of nitrogens with zero attached hydrogens (tertiary/aromatic N) is 1. The van der Waals surface area contributed by atoms with Gasteiger partial charge in [0.1, 0.15) is 0 Å². The molecular weight excluding hydrogens is 276 g/mol. The van der Waals surface area contributed by atoms with Crippen molar-refractivity contribution in [3.05, 3.63) is 0 Å². The predicted octanol–water partition coefficient (Wildman–Crippen LogP) is 1.33. The first kappa shape index (κ1) is 15.6. The van der Waals surface area contributed by atoms with Crippen molar-refractivity contribution in [3.8, 4) is 0 Å². The highest BCUT2D eigenvalue weighted by Crippen LogP contribution is 2.21. The van der Waals surface area contributed by atoms with E-state index in [9.17, 15) is 9.59 Å². The number of nitrogens with one attached hydrogen (secondary N) is 1. The molecule has 0 aliphatic carbocycles. The number of carboxylic acid groups (broad SMARTS) is 1. The summed E-state index contributed by atoms with van der Waals surface area (Å²) in [5.41, 5.74) is 0. The molecule has 114 valence electrons. The molecule has 0 aromatic heterocycles. The minimum Gasteiger partial charge on any atom is -0.481 e. The molecule has 2 saturated heterocycles. The maximum atomic E-state index is 12.3. The second kappa shape index (κ2) is 7.88. The molecule has 6 heteroatoms. The topological polar surface area (TPSA) is 69.6 Å². The van der Waals surface area contributed by atoms with E-state index in [2.05, 4.69) is 5.32 Å². The summed E-state index contributed by atoms with van der Waals surface area (Å²) < 4.78 is 0. The largest absolute Gasteiger partial charge is 0.481 e. The molecule has 2 atom stereocenters. The van der Waals surface area contributed by atoms with Gasteiger partial charge in [0.25, 0.3) is 0 Å². The number of thioether (sulfide) groups is 1. The van der Waals surface area contributed by atoms with Gasteiger partial charge in [-0.15, -0.1) is 0 Å². The van der Waals surface area contributed by atoms with Gasteiger partial charge < -0.3 is 15.3 Å². The number of rotatable bonds is 5. The summed E-state index contributed by atoms with van der Waals surface area (Å²) in [5, 5.41) is 12.4. The highest BCUT2D eigenvalue weighted by Gasteiger charge is 2.29. The first-order valence-electron chi connectivity index (χ1n) is 7.49. The maximum absolute atomic E-state index is 12.3. The number of piperidine rings is 1. The molecule has 2 unspecified atom stereocenters. The van der Waals surface area contributed by atoms with Crippen molar-refractivity contribution >= 4 is 23.6 Å². The van der Waals surface area contributed by atoms with Gasteiger partial charge in [0.15, 0.2) is 0 Å². The lowest BCUT2D eigenvalue weighted by Gasteiger charge is -2.35. The molecule has 2 heterocycles. The van der Waals surface area contributed by atoms with Gasteiger partial charge in [-0.2, -0.15) is 11.8 Å². The van der Waals surface area contributed by atoms with Crippen molar-refractivity contribution < 1.29 is 14.7 Å². The SMILES string of the molecule is O=C(O)CC1CSCCN1C(=O)CCC1CCCCN1. The Labute approximate surface area is 124 Å². The minimum atomic E-state index is -0.816. The molecule has 0 aromatic rings. The smallest absolute Gasteiger partial charge is 0.305 e. The van der Waals surface area contributed by atoms with E-state index in [1.807, 2.05) is 0 Å². The predicted molar refractivity (Wildman–Crippen MR) is 80.0 cm³/mol. The number of carbonyl (C=O) groups is 2. The van der Waals surface area contributed by atoms with Crippen LogP contribution in [0.3, 0.4) is 0 Å². The lowest BCUT2D eigenvalue weighted by atomic mass is 10.00. The molecule has 2 aliphatic rings. The van der Waals surface area contributed by atoms with Crippen LogP contribution in [0.5, 0.6) is 0 Å². The van der Waals surface area contributed by atoms with Gasteiger partial charge in [0, 0.05) is 30.5 Å². The summed E-state index contributed by atoms with van der Waals surface area (Å²) in [5.74, 6) is 0.983. The zero-order valence-electron chi connectivity index (χ0n) is 11.8. The quantitative estimate of drug-likeness (QED) is 0.801. The maximum Gasteiger partial charge on any atom is 0.305 e. The zero-order chi connectivity index (χ0) is 14.4. The second-order valence-electron chi connectivity index (χ2n) is 5.60. The summed E-state index contributed by atoms with van der Waals surface area (Å²) in [6.45, 7) is 1.75. The summed E-state index contributed by atoms with van der Waals surface area (Å²) >= 11 is 1.74. The van der Waals surface area contributed by atoms with Crippen molar-refractivity contribution in [2.75, 3.05) is 24.6 Å². The van der Waals surface area contributed by atoms with Crippen molar-refractivity contribution in [1.82, 2.24) is 10.2 Å². The average Bonchev–Trinajstić information content (AvgIpc) is 2.46. The average molecular weight is 300 g/mol. The Morgan fingerprint density at radius 1 is 1.35 bits per heavy atom. The zero-order valence-corrected chi connectivity index (χ0v) is 12.7. The van der Waals surface area contributed by atoms with Crippen LogP contribution in [-0.4, -0.2) is 58.6 Å². The normalized spacial score (nSPS) is 27.3. The molecule has 0 bridgehead atoms. The fourth-order valence-electron chi connectivity index (χ4n) is 2.97. The van der Waals surface area contributed by atoms with E-state index in [-0.39, 0.29) is 18.4 Å². The summed E-state index contributed by atoms with van der Waals surface area (Å²) in [6, 6.07) is 0.336. The van der Waals surface area contributed by atoms with Crippen LogP contribution in [0.1, 0.15) is 38.5 Å². The Kier molecular flexibility index (Phi) is 6.16. The molecule has 5 nitrogen and oxygen atoms in total. The number of aliphatic carboxylic acids is 1. The molecule has 2 fully saturated rings.